The van der Waals surface area contributed by atoms with E-state index in [0.717, 1.165) is 0 Å². The number of rotatable bonds is 18. The van der Waals surface area contributed by atoms with Crippen LogP contribution in [0.1, 0.15) is 20.8 Å². The van der Waals surface area contributed by atoms with Crippen LogP contribution in [-0.4, -0.2) is 79.3 Å². The molecule has 0 unspecified atom stereocenters. The molecule has 0 aromatic heterocycles. The first-order valence-electron chi connectivity index (χ1n) is 11.0. The van der Waals surface area contributed by atoms with Crippen molar-refractivity contribution in [1.82, 2.24) is 0 Å². The molecule has 0 aliphatic heterocycles. The first-order valence-corrected chi connectivity index (χ1v) is 13.9. The lowest BCUT2D eigenvalue weighted by atomic mass is 10.2. The third-order valence-electron chi connectivity index (χ3n) is 5.16. The SMILES string of the molecule is CC(C)(C)[Si](C)(C)OCCOCCOCCOCCOCCOc1ccc([N+](=O)[O-])cc1. The summed E-state index contributed by atoms with van der Waals surface area (Å²) < 4.78 is 33.4. The molecule has 1 aromatic rings. The number of hydrogen-bond acceptors (Lipinski definition) is 8. The smallest absolute Gasteiger partial charge is 0.269 e. The molecule has 0 spiro atoms. The predicted octanol–water partition coefficient (Wildman–Crippen LogP) is 4.06. The molecule has 184 valence electrons. The van der Waals surface area contributed by atoms with E-state index in [9.17, 15) is 10.1 Å². The molecule has 0 atom stereocenters. The number of ether oxygens (including phenoxy) is 5. The normalized spacial score (nSPS) is 12.2. The van der Waals surface area contributed by atoms with Crippen molar-refractivity contribution >= 4 is 14.0 Å². The highest BCUT2D eigenvalue weighted by Crippen LogP contribution is 2.36. The van der Waals surface area contributed by atoms with Gasteiger partial charge in [0.05, 0.1) is 64.4 Å². The van der Waals surface area contributed by atoms with Crippen molar-refractivity contribution in [3.63, 3.8) is 0 Å². The van der Waals surface area contributed by atoms with Crippen LogP contribution in [0.25, 0.3) is 0 Å². The van der Waals surface area contributed by atoms with Gasteiger partial charge in [0.15, 0.2) is 8.32 Å². The van der Waals surface area contributed by atoms with Crippen molar-refractivity contribution in [2.45, 2.75) is 38.9 Å². The Labute approximate surface area is 192 Å². The van der Waals surface area contributed by atoms with Crippen LogP contribution < -0.4 is 4.74 Å². The maximum atomic E-state index is 10.6. The number of hydrogen-bond donors (Lipinski definition) is 0. The summed E-state index contributed by atoms with van der Waals surface area (Å²) in [6.07, 6.45) is 0. The van der Waals surface area contributed by atoms with Crippen LogP contribution in [-0.2, 0) is 23.4 Å². The fraction of sp³-hybridized carbons (Fsp3) is 0.727. The van der Waals surface area contributed by atoms with Gasteiger partial charge in [-0.05, 0) is 30.3 Å². The fourth-order valence-corrected chi connectivity index (χ4v) is 3.24. The molecule has 0 saturated carbocycles. The zero-order chi connectivity index (χ0) is 23.9. The summed E-state index contributed by atoms with van der Waals surface area (Å²) in [6.45, 7) is 16.1. The topological polar surface area (TPSA) is 98.5 Å². The van der Waals surface area contributed by atoms with E-state index in [0.29, 0.717) is 71.8 Å². The second kappa shape index (κ2) is 15.3. The average molecular weight is 474 g/mol. The number of nitrogens with zero attached hydrogens (tertiary/aromatic N) is 1. The average Bonchev–Trinajstić information content (AvgIpc) is 2.73. The Hall–Kier alpha value is -1.56. The molecule has 0 bridgehead atoms. The van der Waals surface area contributed by atoms with Crippen LogP contribution in [0.5, 0.6) is 5.75 Å². The van der Waals surface area contributed by atoms with Gasteiger partial charge in [0, 0.05) is 12.1 Å². The first-order chi connectivity index (χ1) is 15.1. The van der Waals surface area contributed by atoms with Crippen LogP contribution in [0, 0.1) is 10.1 Å². The maximum Gasteiger partial charge on any atom is 0.269 e. The molecule has 1 rings (SSSR count). The second-order valence-corrected chi connectivity index (χ2v) is 13.5. The van der Waals surface area contributed by atoms with E-state index in [4.69, 9.17) is 28.1 Å². The lowest BCUT2D eigenvalue weighted by Crippen LogP contribution is -2.41. The first kappa shape index (κ1) is 28.5. The van der Waals surface area contributed by atoms with Crippen LogP contribution in [0.2, 0.25) is 18.1 Å². The van der Waals surface area contributed by atoms with E-state index < -0.39 is 13.2 Å². The van der Waals surface area contributed by atoms with E-state index in [1.165, 1.54) is 12.1 Å². The van der Waals surface area contributed by atoms with E-state index >= 15 is 0 Å². The van der Waals surface area contributed by atoms with Gasteiger partial charge in [0.1, 0.15) is 12.4 Å². The van der Waals surface area contributed by atoms with Crippen LogP contribution in [0.15, 0.2) is 24.3 Å². The van der Waals surface area contributed by atoms with E-state index in [1.807, 2.05) is 0 Å². The Morgan fingerprint density at radius 1 is 0.750 bits per heavy atom. The Morgan fingerprint density at radius 3 is 1.56 bits per heavy atom. The quantitative estimate of drug-likeness (QED) is 0.136. The standard InChI is InChI=1S/C22H39NO8Si/c1-22(2,3)32(4,5)31-19-17-29-15-13-27-11-10-26-12-14-28-16-18-30-21-8-6-20(7-9-21)23(24)25/h6-9H,10-19H2,1-5H3. The monoisotopic (exact) mass is 473 g/mol. The minimum Gasteiger partial charge on any atom is -0.491 e. The van der Waals surface area contributed by atoms with Gasteiger partial charge in [-0.2, -0.15) is 0 Å². The minimum atomic E-state index is -1.70. The van der Waals surface area contributed by atoms with Crippen molar-refractivity contribution in [2.75, 3.05) is 66.1 Å². The van der Waals surface area contributed by atoms with Crippen molar-refractivity contribution in [3.8, 4) is 5.75 Å². The van der Waals surface area contributed by atoms with Crippen LogP contribution >= 0.6 is 0 Å². The summed E-state index contributed by atoms with van der Waals surface area (Å²) in [5, 5.41) is 10.8. The number of nitro groups is 1. The van der Waals surface area contributed by atoms with Gasteiger partial charge >= 0.3 is 0 Å². The summed E-state index contributed by atoms with van der Waals surface area (Å²) in [6, 6.07) is 5.94. The molecule has 1 aromatic carbocycles. The van der Waals surface area contributed by atoms with E-state index in [2.05, 4.69) is 33.9 Å². The largest absolute Gasteiger partial charge is 0.491 e. The lowest BCUT2D eigenvalue weighted by Gasteiger charge is -2.36. The predicted molar refractivity (Wildman–Crippen MR) is 125 cm³/mol. The molecule has 0 aliphatic rings. The van der Waals surface area contributed by atoms with Crippen LogP contribution in [0.3, 0.4) is 0 Å². The molecule has 0 heterocycles. The molecule has 0 saturated heterocycles. The zero-order valence-electron chi connectivity index (χ0n) is 20.1. The van der Waals surface area contributed by atoms with Crippen LogP contribution in [0.4, 0.5) is 5.69 Å². The number of benzene rings is 1. The summed E-state index contributed by atoms with van der Waals surface area (Å²) in [5.41, 5.74) is 0.0361. The van der Waals surface area contributed by atoms with Crippen molar-refractivity contribution in [2.24, 2.45) is 0 Å². The van der Waals surface area contributed by atoms with Crippen molar-refractivity contribution in [3.05, 3.63) is 34.4 Å². The Bertz CT molecular complexity index is 634. The molecular weight excluding hydrogens is 434 g/mol. The van der Waals surface area contributed by atoms with Crippen molar-refractivity contribution < 1.29 is 33.0 Å². The highest BCUT2D eigenvalue weighted by molar-refractivity contribution is 6.74. The van der Waals surface area contributed by atoms with Gasteiger partial charge in [-0.1, -0.05) is 20.8 Å². The summed E-state index contributed by atoms with van der Waals surface area (Å²) in [4.78, 5) is 10.1. The van der Waals surface area contributed by atoms with Gasteiger partial charge in [0.25, 0.3) is 5.69 Å². The third-order valence-corrected chi connectivity index (χ3v) is 9.69. The third kappa shape index (κ3) is 12.5. The van der Waals surface area contributed by atoms with Gasteiger partial charge in [0.2, 0.25) is 0 Å². The molecular formula is C22H39NO8Si. The number of nitro benzene ring substituents is 1. The van der Waals surface area contributed by atoms with Gasteiger partial charge in [-0.3, -0.25) is 10.1 Å². The highest BCUT2D eigenvalue weighted by atomic mass is 28.4. The highest BCUT2D eigenvalue weighted by Gasteiger charge is 2.36. The summed E-state index contributed by atoms with van der Waals surface area (Å²) in [7, 11) is -1.70. The Kier molecular flexibility index (Phi) is 13.6. The Morgan fingerprint density at radius 2 is 1.16 bits per heavy atom. The molecule has 9 nitrogen and oxygen atoms in total. The fourth-order valence-electron chi connectivity index (χ4n) is 2.22. The van der Waals surface area contributed by atoms with E-state index in [1.54, 1.807) is 12.1 Å². The van der Waals surface area contributed by atoms with E-state index in [-0.39, 0.29) is 10.7 Å². The molecule has 32 heavy (non-hydrogen) atoms. The number of non-ortho nitro benzene ring substituents is 1. The molecule has 10 heteroatoms. The van der Waals surface area contributed by atoms with Gasteiger partial charge < -0.3 is 28.1 Å². The second-order valence-electron chi connectivity index (χ2n) is 8.66. The maximum absolute atomic E-state index is 10.6. The lowest BCUT2D eigenvalue weighted by molar-refractivity contribution is -0.384. The molecule has 0 N–H and O–H groups in total. The molecule has 0 radical (unpaired) electrons. The molecule has 0 aliphatic carbocycles. The summed E-state index contributed by atoms with van der Waals surface area (Å²) >= 11 is 0. The minimum absolute atomic E-state index is 0.0361. The summed E-state index contributed by atoms with van der Waals surface area (Å²) in [5.74, 6) is 0.569. The van der Waals surface area contributed by atoms with Crippen molar-refractivity contribution in [1.29, 1.82) is 0 Å². The molecule has 0 fully saturated rings. The zero-order valence-corrected chi connectivity index (χ0v) is 21.1. The van der Waals surface area contributed by atoms with Gasteiger partial charge in [-0.15, -0.1) is 0 Å². The van der Waals surface area contributed by atoms with Gasteiger partial charge in [-0.25, -0.2) is 0 Å². The molecule has 0 amide bonds. The Balaban J connectivity index is 1.84.